The number of piperazine rings is 1. The molecule has 0 aliphatic carbocycles. The Morgan fingerprint density at radius 2 is 1.66 bits per heavy atom. The van der Waals surface area contributed by atoms with Crippen molar-refractivity contribution < 1.29 is 22.7 Å². The van der Waals surface area contributed by atoms with E-state index in [9.17, 15) is 18.0 Å². The average Bonchev–Trinajstić information content (AvgIpc) is 3.63. The first-order valence-corrected chi connectivity index (χ1v) is 18.8. The molecule has 2 aliphatic heterocycles. The molecule has 3 aromatic heterocycles. The number of alkyl halides is 1. The van der Waals surface area contributed by atoms with Crippen molar-refractivity contribution in [3.05, 3.63) is 115 Å². The number of nitrogens with zero attached hydrogens (tertiary/aromatic N) is 7. The molecule has 2 N–H and O–H groups in total. The van der Waals surface area contributed by atoms with E-state index in [0.717, 1.165) is 69.9 Å². The summed E-state index contributed by atoms with van der Waals surface area (Å²) in [6, 6.07) is 24.2. The molecule has 0 bridgehead atoms. The van der Waals surface area contributed by atoms with Gasteiger partial charge in [0.15, 0.2) is 0 Å². The molecule has 0 spiro atoms. The summed E-state index contributed by atoms with van der Waals surface area (Å²) in [6.45, 7) is 5.98. The number of fused-ring (bicyclic) bond motifs is 1. The minimum absolute atomic E-state index is 0.197. The van der Waals surface area contributed by atoms with Gasteiger partial charge in [0.25, 0.3) is 5.91 Å². The number of para-hydroxylation sites is 1. The number of nitrogens with one attached hydrogen (secondary N) is 2. The summed E-state index contributed by atoms with van der Waals surface area (Å²) in [5, 5.41) is 5.70. The van der Waals surface area contributed by atoms with Gasteiger partial charge in [0.05, 0.1) is 29.9 Å². The highest BCUT2D eigenvalue weighted by atomic mass is 19.1. The lowest BCUT2D eigenvalue weighted by molar-refractivity contribution is 0.0816. The molecule has 6 aromatic rings. The molecular formula is C42H42F3N9O2. The number of amides is 1. The Kier molecular flexibility index (Phi) is 10.8. The van der Waals surface area contributed by atoms with Crippen LogP contribution < -0.4 is 20.3 Å². The number of aromatic nitrogens is 4. The Labute approximate surface area is 322 Å². The van der Waals surface area contributed by atoms with Crippen LogP contribution in [0.3, 0.4) is 0 Å². The SMILES string of the molecule is COc1cc(N2CCC(N3CCN(CCF)CC3)CC2)ccc1Nc1nccc(-c2c(-c3cccc(C(=O)Nc4c(F)cccc4F)c3)nc3ccccn23)n1. The molecule has 2 fully saturated rings. The van der Waals surface area contributed by atoms with Gasteiger partial charge < -0.3 is 20.3 Å². The van der Waals surface area contributed by atoms with Crippen LogP contribution in [-0.4, -0.2) is 101 Å². The summed E-state index contributed by atoms with van der Waals surface area (Å²) in [4.78, 5) is 34.7. The number of pyridine rings is 1. The zero-order valence-corrected chi connectivity index (χ0v) is 31.0. The topological polar surface area (TPSA) is 103 Å². The normalized spacial score (nSPS) is 15.6. The van der Waals surface area contributed by atoms with E-state index in [-0.39, 0.29) is 12.2 Å². The standard InChI is InChI=1S/C42H42F3N9O2/c1-56-36-27-31(52-19-14-30(15-20-52)53-24-22-51(21-16-43)23-25-53)11-12-34(36)47-42-46-17-13-35(48-42)40-38(49-37-10-2-3-18-54(37)40)28-6-4-7-29(26-28)41(55)50-39-32(44)8-5-9-33(39)45/h2-13,17-18,26-27,30H,14-16,19-25H2,1H3,(H,50,55)(H,46,47,48). The van der Waals surface area contributed by atoms with Crippen molar-refractivity contribution in [2.45, 2.75) is 18.9 Å². The Hall–Kier alpha value is -5.99. The predicted molar refractivity (Wildman–Crippen MR) is 211 cm³/mol. The third kappa shape index (κ3) is 7.75. The summed E-state index contributed by atoms with van der Waals surface area (Å²) >= 11 is 0. The van der Waals surface area contributed by atoms with Crippen molar-refractivity contribution in [1.29, 1.82) is 0 Å². The summed E-state index contributed by atoms with van der Waals surface area (Å²) in [5.41, 5.74) is 4.53. The van der Waals surface area contributed by atoms with E-state index < -0.39 is 23.2 Å². The first kappa shape index (κ1) is 37.0. The molecule has 2 aliphatic rings. The van der Waals surface area contributed by atoms with Crippen LogP contribution in [0.4, 0.5) is 36.2 Å². The molecule has 56 heavy (non-hydrogen) atoms. The maximum absolute atomic E-state index is 14.3. The van der Waals surface area contributed by atoms with E-state index in [1.54, 1.807) is 37.6 Å². The highest BCUT2D eigenvalue weighted by Gasteiger charge is 2.28. The van der Waals surface area contributed by atoms with E-state index in [4.69, 9.17) is 14.7 Å². The van der Waals surface area contributed by atoms with Crippen LogP contribution >= 0.6 is 0 Å². The Morgan fingerprint density at radius 3 is 2.43 bits per heavy atom. The summed E-state index contributed by atoms with van der Waals surface area (Å²) < 4.78 is 49.2. The van der Waals surface area contributed by atoms with Crippen molar-refractivity contribution in [3.63, 3.8) is 0 Å². The van der Waals surface area contributed by atoms with Gasteiger partial charge in [0, 0.05) is 87.1 Å². The quantitative estimate of drug-likeness (QED) is 0.141. The molecule has 288 valence electrons. The average molecular weight is 762 g/mol. The number of ether oxygens (including phenoxy) is 1. The van der Waals surface area contributed by atoms with E-state index in [0.29, 0.717) is 58.3 Å². The van der Waals surface area contributed by atoms with Crippen LogP contribution in [0.1, 0.15) is 23.2 Å². The number of anilines is 4. The van der Waals surface area contributed by atoms with Crippen LogP contribution in [-0.2, 0) is 0 Å². The number of imidazole rings is 1. The van der Waals surface area contributed by atoms with Crippen molar-refractivity contribution in [1.82, 2.24) is 29.2 Å². The van der Waals surface area contributed by atoms with Gasteiger partial charge in [-0.25, -0.2) is 28.1 Å². The van der Waals surface area contributed by atoms with Gasteiger partial charge in [-0.05, 0) is 67.4 Å². The lowest BCUT2D eigenvalue weighted by Crippen LogP contribution is -2.53. The second-order valence-electron chi connectivity index (χ2n) is 13.9. The van der Waals surface area contributed by atoms with Gasteiger partial charge in [-0.3, -0.25) is 19.0 Å². The highest BCUT2D eigenvalue weighted by molar-refractivity contribution is 6.05. The van der Waals surface area contributed by atoms with Gasteiger partial charge in [-0.2, -0.15) is 0 Å². The summed E-state index contributed by atoms with van der Waals surface area (Å²) in [7, 11) is 1.64. The van der Waals surface area contributed by atoms with Gasteiger partial charge in [-0.15, -0.1) is 0 Å². The van der Waals surface area contributed by atoms with E-state index >= 15 is 0 Å². The molecular weight excluding hydrogens is 720 g/mol. The van der Waals surface area contributed by atoms with Crippen LogP contribution in [0.15, 0.2) is 97.3 Å². The molecule has 0 radical (unpaired) electrons. The summed E-state index contributed by atoms with van der Waals surface area (Å²) in [5.74, 6) is -1.40. The highest BCUT2D eigenvalue weighted by Crippen LogP contribution is 2.36. The fraction of sp³-hybridized carbons (Fsp3) is 0.286. The molecule has 14 heteroatoms. The number of hydrogen-bond donors (Lipinski definition) is 2. The monoisotopic (exact) mass is 761 g/mol. The van der Waals surface area contributed by atoms with E-state index in [2.05, 4.69) is 36.4 Å². The number of carbonyl (C=O) groups is 1. The van der Waals surface area contributed by atoms with Crippen molar-refractivity contribution >= 4 is 34.6 Å². The van der Waals surface area contributed by atoms with Crippen LogP contribution in [0.25, 0.3) is 28.3 Å². The molecule has 0 saturated carbocycles. The number of hydrogen-bond acceptors (Lipinski definition) is 9. The smallest absolute Gasteiger partial charge is 0.255 e. The first-order chi connectivity index (χ1) is 27.4. The van der Waals surface area contributed by atoms with Crippen LogP contribution in [0.5, 0.6) is 5.75 Å². The van der Waals surface area contributed by atoms with Gasteiger partial charge in [0.1, 0.15) is 35.4 Å². The molecule has 0 atom stereocenters. The number of methoxy groups -OCH3 is 1. The number of carbonyl (C=O) groups excluding carboxylic acids is 1. The Bertz CT molecular complexity index is 2320. The Balaban J connectivity index is 1.01. The van der Waals surface area contributed by atoms with Crippen LogP contribution in [0, 0.1) is 11.6 Å². The van der Waals surface area contributed by atoms with Gasteiger partial charge in [-0.1, -0.05) is 24.3 Å². The maximum Gasteiger partial charge on any atom is 0.255 e. The van der Waals surface area contributed by atoms with Crippen molar-refractivity contribution in [3.8, 4) is 28.4 Å². The first-order valence-electron chi connectivity index (χ1n) is 18.8. The minimum Gasteiger partial charge on any atom is -0.494 e. The van der Waals surface area contributed by atoms with E-state index in [1.165, 1.54) is 6.07 Å². The number of piperidine rings is 1. The van der Waals surface area contributed by atoms with E-state index in [1.807, 2.05) is 47.0 Å². The number of benzene rings is 3. The largest absolute Gasteiger partial charge is 0.494 e. The summed E-state index contributed by atoms with van der Waals surface area (Å²) in [6.07, 6.45) is 5.69. The van der Waals surface area contributed by atoms with Crippen molar-refractivity contribution in [2.75, 3.05) is 75.1 Å². The minimum atomic E-state index is -0.868. The second kappa shape index (κ2) is 16.4. The molecule has 5 heterocycles. The predicted octanol–water partition coefficient (Wildman–Crippen LogP) is 7.30. The molecule has 1 amide bonds. The molecule has 11 nitrogen and oxygen atoms in total. The molecule has 2 saturated heterocycles. The number of rotatable bonds is 11. The molecule has 0 unspecified atom stereocenters. The third-order valence-corrected chi connectivity index (χ3v) is 10.6. The zero-order valence-electron chi connectivity index (χ0n) is 31.0. The fourth-order valence-corrected chi connectivity index (χ4v) is 7.66. The third-order valence-electron chi connectivity index (χ3n) is 10.6. The van der Waals surface area contributed by atoms with Crippen LogP contribution in [0.2, 0.25) is 0 Å². The van der Waals surface area contributed by atoms with Gasteiger partial charge >= 0.3 is 0 Å². The Morgan fingerprint density at radius 1 is 0.875 bits per heavy atom. The molecule has 8 rings (SSSR count). The van der Waals surface area contributed by atoms with Gasteiger partial charge in [0.2, 0.25) is 5.95 Å². The van der Waals surface area contributed by atoms with Crippen molar-refractivity contribution in [2.24, 2.45) is 0 Å². The fourth-order valence-electron chi connectivity index (χ4n) is 7.66. The lowest BCUT2D eigenvalue weighted by atomic mass is 10.0. The lowest BCUT2D eigenvalue weighted by Gasteiger charge is -2.43. The molecule has 3 aromatic carbocycles. The second-order valence-corrected chi connectivity index (χ2v) is 13.9. The zero-order chi connectivity index (χ0) is 38.6. The maximum atomic E-state index is 14.3. The number of halogens is 3.